The van der Waals surface area contributed by atoms with Gasteiger partial charge in [-0.25, -0.2) is 0 Å². The minimum Gasteiger partial charge on any atom is -0.321 e. The molecule has 0 aliphatic carbocycles. The molecule has 0 unspecified atom stereocenters. The van der Waals surface area contributed by atoms with E-state index < -0.39 is 0 Å². The van der Waals surface area contributed by atoms with Crippen molar-refractivity contribution in [3.8, 4) is 0 Å². The highest BCUT2D eigenvalue weighted by molar-refractivity contribution is 7.99. The van der Waals surface area contributed by atoms with E-state index >= 15 is 0 Å². The summed E-state index contributed by atoms with van der Waals surface area (Å²) in [4.78, 5) is 26.8. The summed E-state index contributed by atoms with van der Waals surface area (Å²) in [7, 11) is 0. The van der Waals surface area contributed by atoms with Gasteiger partial charge in [0.05, 0.1) is 16.3 Å². The molecule has 3 nitrogen and oxygen atoms in total. The second-order valence-electron chi connectivity index (χ2n) is 5.88. The van der Waals surface area contributed by atoms with Crippen molar-refractivity contribution in [3.63, 3.8) is 0 Å². The summed E-state index contributed by atoms with van der Waals surface area (Å²) in [5.74, 6) is 0.258. The smallest absolute Gasteiger partial charge is 0.256 e. The molecule has 3 rings (SSSR count). The number of amides is 1. The predicted octanol–water partition coefficient (Wildman–Crippen LogP) is 6.59. The number of hydrogen-bond acceptors (Lipinski definition) is 3. The van der Waals surface area contributed by atoms with Gasteiger partial charge in [-0.3, -0.25) is 9.59 Å². The summed E-state index contributed by atoms with van der Waals surface area (Å²) >= 11 is 13.9. The van der Waals surface area contributed by atoms with Gasteiger partial charge in [-0.2, -0.15) is 0 Å². The van der Waals surface area contributed by atoms with Crippen molar-refractivity contribution in [1.29, 1.82) is 0 Å². The summed E-state index contributed by atoms with van der Waals surface area (Å²) in [6.07, 6.45) is 0. The number of rotatable bonds is 6. The molecule has 0 aliphatic rings. The van der Waals surface area contributed by atoms with Crippen molar-refractivity contribution in [2.24, 2.45) is 0 Å². The molecule has 3 aromatic rings. The van der Waals surface area contributed by atoms with Gasteiger partial charge in [0.2, 0.25) is 0 Å². The Kier molecular flexibility index (Phi) is 6.79. The van der Waals surface area contributed by atoms with Crippen molar-refractivity contribution in [2.75, 3.05) is 11.1 Å². The highest BCUT2D eigenvalue weighted by Gasteiger charge is 2.19. The van der Waals surface area contributed by atoms with E-state index in [1.54, 1.807) is 54.2 Å². The third kappa shape index (κ3) is 4.58. The predicted molar refractivity (Wildman–Crippen MR) is 117 cm³/mol. The van der Waals surface area contributed by atoms with Crippen LogP contribution >= 0.6 is 35.0 Å². The zero-order valence-electron chi connectivity index (χ0n) is 15.0. The monoisotopic (exact) mass is 429 g/mol. The van der Waals surface area contributed by atoms with Crippen LogP contribution in [0.1, 0.15) is 33.2 Å². The number of benzene rings is 3. The molecule has 0 radical (unpaired) electrons. The summed E-state index contributed by atoms with van der Waals surface area (Å²) in [6, 6.07) is 18.9. The molecule has 6 heteroatoms. The van der Waals surface area contributed by atoms with Crippen molar-refractivity contribution < 1.29 is 9.59 Å². The normalized spacial score (nSPS) is 10.5. The Morgan fingerprint density at radius 2 is 1.57 bits per heavy atom. The second-order valence-corrected chi connectivity index (χ2v) is 8.03. The maximum atomic E-state index is 13.0. The largest absolute Gasteiger partial charge is 0.321 e. The van der Waals surface area contributed by atoms with Gasteiger partial charge in [-0.05, 0) is 48.2 Å². The van der Waals surface area contributed by atoms with Crippen molar-refractivity contribution in [1.82, 2.24) is 0 Å². The number of ketones is 1. The highest BCUT2D eigenvalue weighted by atomic mass is 35.5. The lowest BCUT2D eigenvalue weighted by Gasteiger charge is -2.13. The van der Waals surface area contributed by atoms with E-state index in [2.05, 4.69) is 5.32 Å². The average Bonchev–Trinajstić information content (AvgIpc) is 2.70. The van der Waals surface area contributed by atoms with Crippen LogP contribution in [0.3, 0.4) is 0 Å². The lowest BCUT2D eigenvalue weighted by atomic mass is 10.0. The molecule has 0 spiro atoms. The first-order chi connectivity index (χ1) is 13.5. The number of carbonyl (C=O) groups excluding carboxylic acids is 2. The third-order valence-corrected chi connectivity index (χ3v) is 5.54. The number of halogens is 2. The maximum Gasteiger partial charge on any atom is 0.256 e. The molecule has 28 heavy (non-hydrogen) atoms. The highest BCUT2D eigenvalue weighted by Crippen LogP contribution is 2.28. The molecule has 0 aliphatic heterocycles. The fourth-order valence-corrected chi connectivity index (χ4v) is 3.92. The molecule has 1 N–H and O–H groups in total. The SMILES string of the molecule is CCSc1ccccc1C(=O)Nc1ccc(Cl)cc1C(=O)c1ccccc1Cl. The summed E-state index contributed by atoms with van der Waals surface area (Å²) in [6.45, 7) is 2.03. The summed E-state index contributed by atoms with van der Waals surface area (Å²) in [5, 5.41) is 3.59. The fraction of sp³-hybridized carbons (Fsp3) is 0.0909. The van der Waals surface area contributed by atoms with Crippen LogP contribution < -0.4 is 5.32 Å². The summed E-state index contributed by atoms with van der Waals surface area (Å²) in [5.41, 5.74) is 1.58. The first-order valence-corrected chi connectivity index (χ1v) is 10.4. The van der Waals surface area contributed by atoms with E-state index in [9.17, 15) is 9.59 Å². The van der Waals surface area contributed by atoms with E-state index in [4.69, 9.17) is 23.2 Å². The topological polar surface area (TPSA) is 46.2 Å². The van der Waals surface area contributed by atoms with Crippen molar-refractivity contribution in [3.05, 3.63) is 93.5 Å². The van der Waals surface area contributed by atoms with Gasteiger partial charge in [-0.1, -0.05) is 54.4 Å². The minimum absolute atomic E-state index is 0.285. The van der Waals surface area contributed by atoms with E-state index in [1.807, 2.05) is 25.1 Å². The standard InChI is InChI=1S/C22H17Cl2NO2S/c1-2-28-20-10-6-4-8-16(20)22(27)25-19-12-11-14(23)13-17(19)21(26)15-7-3-5-9-18(15)24/h3-13H,2H2,1H3,(H,25,27). The van der Waals surface area contributed by atoms with E-state index in [0.29, 0.717) is 26.9 Å². The molecule has 0 fully saturated rings. The Labute approximate surface area is 178 Å². The molecule has 0 saturated heterocycles. The van der Waals surface area contributed by atoms with Crippen LogP contribution in [0.2, 0.25) is 10.0 Å². The number of thioether (sulfide) groups is 1. The number of carbonyl (C=O) groups is 2. The van der Waals surface area contributed by atoms with Gasteiger partial charge in [0, 0.05) is 21.0 Å². The molecule has 1 amide bonds. The number of hydrogen-bond donors (Lipinski definition) is 1. The van der Waals surface area contributed by atoms with Gasteiger partial charge in [0.25, 0.3) is 5.91 Å². The molecular formula is C22H17Cl2NO2S. The van der Waals surface area contributed by atoms with Crippen LogP contribution in [0.5, 0.6) is 0 Å². The zero-order chi connectivity index (χ0) is 20.1. The Morgan fingerprint density at radius 3 is 2.29 bits per heavy atom. The quantitative estimate of drug-likeness (QED) is 0.355. The number of nitrogens with one attached hydrogen (secondary N) is 1. The lowest BCUT2D eigenvalue weighted by Crippen LogP contribution is -2.16. The Balaban J connectivity index is 1.97. The maximum absolute atomic E-state index is 13.0. The second kappa shape index (κ2) is 9.28. The van der Waals surface area contributed by atoms with E-state index in [-0.39, 0.29) is 17.3 Å². The molecule has 0 bridgehead atoms. The van der Waals surface area contributed by atoms with Crippen LogP contribution in [0, 0.1) is 0 Å². The Hall–Kier alpha value is -2.27. The van der Waals surface area contributed by atoms with Crippen LogP contribution in [0.4, 0.5) is 5.69 Å². The molecule has 0 heterocycles. The zero-order valence-corrected chi connectivity index (χ0v) is 17.4. The van der Waals surface area contributed by atoms with E-state index in [0.717, 1.165) is 10.6 Å². The van der Waals surface area contributed by atoms with Gasteiger partial charge in [0.15, 0.2) is 5.78 Å². The minimum atomic E-state index is -0.306. The van der Waals surface area contributed by atoms with Crippen molar-refractivity contribution in [2.45, 2.75) is 11.8 Å². The first kappa shape index (κ1) is 20.5. The van der Waals surface area contributed by atoms with Crippen LogP contribution in [0.25, 0.3) is 0 Å². The molecule has 0 saturated carbocycles. The van der Waals surface area contributed by atoms with Crippen LogP contribution in [-0.2, 0) is 0 Å². The lowest BCUT2D eigenvalue weighted by molar-refractivity contribution is 0.102. The third-order valence-electron chi connectivity index (χ3n) is 4.02. The first-order valence-electron chi connectivity index (χ1n) is 8.63. The van der Waals surface area contributed by atoms with E-state index in [1.165, 1.54) is 6.07 Å². The molecular weight excluding hydrogens is 413 g/mol. The Morgan fingerprint density at radius 1 is 0.893 bits per heavy atom. The Bertz CT molecular complexity index is 1040. The van der Waals surface area contributed by atoms with Gasteiger partial charge in [-0.15, -0.1) is 11.8 Å². The summed E-state index contributed by atoms with van der Waals surface area (Å²) < 4.78 is 0. The molecule has 0 aromatic heterocycles. The molecule has 0 atom stereocenters. The van der Waals surface area contributed by atoms with Gasteiger partial charge >= 0.3 is 0 Å². The fourth-order valence-electron chi connectivity index (χ4n) is 2.73. The van der Waals surface area contributed by atoms with Crippen molar-refractivity contribution >= 4 is 52.3 Å². The average molecular weight is 430 g/mol. The number of anilines is 1. The van der Waals surface area contributed by atoms with Gasteiger partial charge in [0.1, 0.15) is 0 Å². The molecule has 142 valence electrons. The van der Waals surface area contributed by atoms with Gasteiger partial charge < -0.3 is 5.32 Å². The van der Waals surface area contributed by atoms with Crippen LogP contribution in [-0.4, -0.2) is 17.4 Å². The molecule has 3 aromatic carbocycles. The van der Waals surface area contributed by atoms with Crippen LogP contribution in [0.15, 0.2) is 71.6 Å².